The van der Waals surface area contributed by atoms with Gasteiger partial charge in [-0.15, -0.1) is 17.5 Å². The maximum atomic E-state index is 5.97. The fourth-order valence-corrected chi connectivity index (χ4v) is 3.18. The molecule has 2 aromatic heterocycles. The molecule has 103 valence electrons. The van der Waals surface area contributed by atoms with Gasteiger partial charge in [0, 0.05) is 25.8 Å². The van der Waals surface area contributed by atoms with Crippen molar-refractivity contribution in [3.63, 3.8) is 0 Å². The van der Waals surface area contributed by atoms with Crippen LogP contribution < -0.4 is 0 Å². The Morgan fingerprint density at radius 2 is 1.81 bits per heavy atom. The Labute approximate surface area is 134 Å². The first-order valence-corrected chi connectivity index (χ1v) is 6.67. The van der Waals surface area contributed by atoms with Crippen LogP contribution in [-0.2, 0) is 20.1 Å². The van der Waals surface area contributed by atoms with Gasteiger partial charge in [-0.1, -0.05) is 29.7 Å². The molecule has 2 nitrogen and oxygen atoms in total. The van der Waals surface area contributed by atoms with Gasteiger partial charge in [-0.25, -0.2) is 0 Å². The second-order valence-corrected chi connectivity index (χ2v) is 5.22. The van der Waals surface area contributed by atoms with E-state index in [9.17, 15) is 0 Å². The van der Waals surface area contributed by atoms with Gasteiger partial charge in [-0.2, -0.15) is 0 Å². The van der Waals surface area contributed by atoms with Crippen molar-refractivity contribution in [2.24, 2.45) is 0 Å². The first-order valence-electron chi connectivity index (χ1n) is 6.67. The van der Waals surface area contributed by atoms with E-state index < -0.39 is 0 Å². The second-order valence-electron chi connectivity index (χ2n) is 5.22. The molecule has 5 aromatic rings. The molecule has 5 rings (SSSR count). The summed E-state index contributed by atoms with van der Waals surface area (Å²) in [6.45, 7) is 2.02. The fourth-order valence-electron chi connectivity index (χ4n) is 3.18. The number of rotatable bonds is 0. The van der Waals surface area contributed by atoms with Gasteiger partial charge >= 0.3 is 0 Å². The minimum absolute atomic E-state index is 0. The van der Waals surface area contributed by atoms with E-state index in [-0.39, 0.29) is 20.1 Å². The minimum atomic E-state index is 0. The third-order valence-corrected chi connectivity index (χ3v) is 4.02. The Balaban J connectivity index is 0.00000115. The van der Waals surface area contributed by atoms with Crippen molar-refractivity contribution in [3.8, 4) is 0 Å². The average Bonchev–Trinajstić information content (AvgIpc) is 2.85. The van der Waals surface area contributed by atoms with Crippen LogP contribution in [0.15, 0.2) is 46.9 Å². The molecule has 3 aromatic carbocycles. The average molecular weight is 449 g/mol. The van der Waals surface area contributed by atoms with Crippen molar-refractivity contribution in [2.75, 3.05) is 0 Å². The second kappa shape index (κ2) is 4.27. The molecule has 0 N–H and O–H groups in total. The van der Waals surface area contributed by atoms with E-state index in [1.807, 2.05) is 31.2 Å². The van der Waals surface area contributed by atoms with E-state index in [2.05, 4.69) is 24.3 Å². The number of hydrogen-bond donors (Lipinski definition) is 0. The first kappa shape index (κ1) is 12.8. The molecule has 3 heteroatoms. The SMILES string of the molecule is Cc1ccc2c3cccc4oc5cc[c-]c(c2n1)c5c43.[Ir]. The third-order valence-electron chi connectivity index (χ3n) is 4.02. The number of pyridine rings is 1. The Morgan fingerprint density at radius 1 is 0.952 bits per heavy atom. The predicted octanol–water partition coefficient (Wildman–Crippen LogP) is 4.83. The van der Waals surface area contributed by atoms with Crippen molar-refractivity contribution in [2.45, 2.75) is 6.92 Å². The Morgan fingerprint density at radius 3 is 2.71 bits per heavy atom. The first-order chi connectivity index (χ1) is 9.83. The molecule has 0 bridgehead atoms. The van der Waals surface area contributed by atoms with Crippen molar-refractivity contribution >= 4 is 43.6 Å². The summed E-state index contributed by atoms with van der Waals surface area (Å²) in [4.78, 5) is 4.73. The molecule has 0 aliphatic carbocycles. The van der Waals surface area contributed by atoms with Crippen LogP contribution in [0.5, 0.6) is 0 Å². The van der Waals surface area contributed by atoms with Gasteiger partial charge in [-0.3, -0.25) is 0 Å². The smallest absolute Gasteiger partial charge is 0.124 e. The van der Waals surface area contributed by atoms with Crippen LogP contribution in [-0.4, -0.2) is 4.98 Å². The number of benzene rings is 3. The zero-order valence-electron chi connectivity index (χ0n) is 11.2. The van der Waals surface area contributed by atoms with Crippen LogP contribution in [0.25, 0.3) is 43.6 Å². The molecule has 0 aliphatic rings. The molecule has 0 unspecified atom stereocenters. The summed E-state index contributed by atoms with van der Waals surface area (Å²) in [7, 11) is 0. The molecule has 0 aliphatic heterocycles. The van der Waals surface area contributed by atoms with Gasteiger partial charge in [0.1, 0.15) is 5.58 Å². The van der Waals surface area contributed by atoms with E-state index >= 15 is 0 Å². The molecular formula is C18H10IrNO-. The Hall–Kier alpha value is -1.96. The van der Waals surface area contributed by atoms with Crippen LogP contribution in [0.1, 0.15) is 5.69 Å². The number of nitrogens with zero attached hydrogens (tertiary/aromatic N) is 1. The van der Waals surface area contributed by atoms with E-state index in [1.54, 1.807) is 0 Å². The van der Waals surface area contributed by atoms with Gasteiger partial charge in [0.15, 0.2) is 0 Å². The van der Waals surface area contributed by atoms with Crippen LogP contribution in [0.3, 0.4) is 0 Å². The summed E-state index contributed by atoms with van der Waals surface area (Å²) in [6.07, 6.45) is 0. The van der Waals surface area contributed by atoms with Gasteiger partial charge < -0.3 is 9.40 Å². The summed E-state index contributed by atoms with van der Waals surface area (Å²) in [5, 5.41) is 5.75. The van der Waals surface area contributed by atoms with Crippen LogP contribution >= 0.6 is 0 Å². The van der Waals surface area contributed by atoms with Crippen molar-refractivity contribution in [1.29, 1.82) is 0 Å². The maximum Gasteiger partial charge on any atom is 0.124 e. The molecule has 1 radical (unpaired) electrons. The van der Waals surface area contributed by atoms with Gasteiger partial charge in [0.2, 0.25) is 0 Å². The van der Waals surface area contributed by atoms with Crippen LogP contribution in [0.2, 0.25) is 0 Å². The van der Waals surface area contributed by atoms with Crippen molar-refractivity contribution < 1.29 is 24.5 Å². The third kappa shape index (κ3) is 1.53. The molecule has 0 amide bonds. The minimum Gasteiger partial charge on any atom is -0.476 e. The van der Waals surface area contributed by atoms with E-state index in [1.165, 1.54) is 16.2 Å². The maximum absolute atomic E-state index is 5.97. The normalized spacial score (nSPS) is 11.7. The molecule has 0 saturated heterocycles. The van der Waals surface area contributed by atoms with Crippen LogP contribution in [0.4, 0.5) is 0 Å². The summed E-state index contributed by atoms with van der Waals surface area (Å²) in [6, 6.07) is 17.6. The Kier molecular flexibility index (Phi) is 2.59. The zero-order chi connectivity index (χ0) is 13.3. The van der Waals surface area contributed by atoms with Crippen LogP contribution in [0, 0.1) is 13.0 Å². The number of furan rings is 1. The fraction of sp³-hybridized carbons (Fsp3) is 0.0556. The molecule has 21 heavy (non-hydrogen) atoms. The summed E-state index contributed by atoms with van der Waals surface area (Å²) in [5.41, 5.74) is 3.88. The molecular weight excluding hydrogens is 438 g/mol. The number of aryl methyl sites for hydroxylation is 1. The molecule has 0 atom stereocenters. The zero-order valence-corrected chi connectivity index (χ0v) is 13.6. The van der Waals surface area contributed by atoms with Crippen molar-refractivity contribution in [3.05, 3.63) is 54.2 Å². The quantitative estimate of drug-likeness (QED) is 0.251. The summed E-state index contributed by atoms with van der Waals surface area (Å²) in [5.74, 6) is 0. The number of fused-ring (bicyclic) bond motifs is 3. The van der Waals surface area contributed by atoms with E-state index in [0.29, 0.717) is 0 Å². The monoisotopic (exact) mass is 449 g/mol. The van der Waals surface area contributed by atoms with Gasteiger partial charge in [-0.05, 0) is 40.7 Å². The number of hydrogen-bond acceptors (Lipinski definition) is 2. The topological polar surface area (TPSA) is 26.0 Å². The van der Waals surface area contributed by atoms with E-state index in [4.69, 9.17) is 9.40 Å². The predicted molar refractivity (Wildman–Crippen MR) is 81.3 cm³/mol. The number of aromatic nitrogens is 1. The molecule has 0 spiro atoms. The van der Waals surface area contributed by atoms with Gasteiger partial charge in [0.25, 0.3) is 0 Å². The van der Waals surface area contributed by atoms with Crippen molar-refractivity contribution in [1.82, 2.24) is 4.98 Å². The summed E-state index contributed by atoms with van der Waals surface area (Å²) >= 11 is 0. The molecule has 2 heterocycles. The Bertz CT molecular complexity index is 1110. The largest absolute Gasteiger partial charge is 0.476 e. The van der Waals surface area contributed by atoms with E-state index in [0.717, 1.165) is 33.1 Å². The molecule has 0 fully saturated rings. The standard InChI is InChI=1S/C18H10NO.Ir/c1-10-8-9-12-11-4-2-6-14-16(11)17-13(18(12)19-10)5-3-7-15(17)20-14;/h2-4,6-9H,1H3;/q-1;. The molecule has 0 saturated carbocycles. The summed E-state index contributed by atoms with van der Waals surface area (Å²) < 4.78 is 5.97. The van der Waals surface area contributed by atoms with Gasteiger partial charge in [0.05, 0.1) is 5.58 Å².